The third-order valence-corrected chi connectivity index (χ3v) is 3.83. The number of urea groups is 1. The van der Waals surface area contributed by atoms with E-state index in [2.05, 4.69) is 17.4 Å². The van der Waals surface area contributed by atoms with E-state index < -0.39 is 5.54 Å². The number of nitrogens with zero attached hydrogens (tertiary/aromatic N) is 2. The summed E-state index contributed by atoms with van der Waals surface area (Å²) in [5.74, 6) is 0.708. The number of carbonyl (C=O) groups excluding carboxylic acids is 1. The lowest BCUT2D eigenvalue weighted by atomic mass is 9.97. The Kier molecular flexibility index (Phi) is 4.81. The fourth-order valence-corrected chi connectivity index (χ4v) is 1.97. The average molecular weight is 256 g/mol. The number of rotatable bonds is 3. The first-order valence-corrected chi connectivity index (χ1v) is 6.48. The molecule has 1 unspecified atom stereocenters. The maximum atomic E-state index is 12.1. The summed E-state index contributed by atoms with van der Waals surface area (Å²) in [7, 11) is 0. The van der Waals surface area contributed by atoms with Crippen molar-refractivity contribution in [2.75, 3.05) is 13.1 Å². The van der Waals surface area contributed by atoms with Crippen molar-refractivity contribution in [3.8, 4) is 0 Å². The number of oxime groups is 1. The highest BCUT2D eigenvalue weighted by Crippen LogP contribution is 2.17. The van der Waals surface area contributed by atoms with Gasteiger partial charge < -0.3 is 21.2 Å². The van der Waals surface area contributed by atoms with Crippen LogP contribution in [-0.4, -0.2) is 40.6 Å². The third kappa shape index (κ3) is 3.27. The minimum Gasteiger partial charge on any atom is -0.409 e. The van der Waals surface area contributed by atoms with Gasteiger partial charge in [-0.1, -0.05) is 19.0 Å². The Morgan fingerprint density at radius 2 is 2.11 bits per heavy atom. The highest BCUT2D eigenvalue weighted by molar-refractivity contribution is 5.93. The zero-order valence-electron chi connectivity index (χ0n) is 11.4. The van der Waals surface area contributed by atoms with E-state index in [0.717, 1.165) is 25.9 Å². The van der Waals surface area contributed by atoms with Crippen LogP contribution in [0.1, 0.15) is 40.0 Å². The largest absolute Gasteiger partial charge is 0.409 e. The zero-order chi connectivity index (χ0) is 13.8. The molecule has 2 amide bonds. The van der Waals surface area contributed by atoms with Crippen molar-refractivity contribution in [2.24, 2.45) is 16.8 Å². The number of amides is 2. The van der Waals surface area contributed by atoms with Crippen molar-refractivity contribution < 1.29 is 10.0 Å². The molecule has 1 rings (SSSR count). The normalized spacial score (nSPS) is 21.5. The molecular weight excluding hydrogens is 232 g/mol. The monoisotopic (exact) mass is 256 g/mol. The molecule has 18 heavy (non-hydrogen) atoms. The molecule has 6 heteroatoms. The number of amidine groups is 1. The number of hydrogen-bond donors (Lipinski definition) is 3. The van der Waals surface area contributed by atoms with Gasteiger partial charge in [0.1, 0.15) is 0 Å². The van der Waals surface area contributed by atoms with Crippen molar-refractivity contribution in [1.82, 2.24) is 10.2 Å². The second kappa shape index (κ2) is 5.93. The predicted octanol–water partition coefficient (Wildman–Crippen LogP) is 1.34. The Hall–Kier alpha value is -1.46. The van der Waals surface area contributed by atoms with Gasteiger partial charge in [0.2, 0.25) is 0 Å². The number of nitrogens with two attached hydrogens (primary N) is 1. The van der Waals surface area contributed by atoms with Crippen molar-refractivity contribution >= 4 is 11.9 Å². The van der Waals surface area contributed by atoms with Crippen LogP contribution in [0.2, 0.25) is 0 Å². The van der Waals surface area contributed by atoms with Crippen molar-refractivity contribution in [3.63, 3.8) is 0 Å². The molecule has 0 aromatic heterocycles. The fourth-order valence-electron chi connectivity index (χ4n) is 1.97. The van der Waals surface area contributed by atoms with Crippen molar-refractivity contribution in [2.45, 2.75) is 45.6 Å². The summed E-state index contributed by atoms with van der Waals surface area (Å²) in [4.78, 5) is 13.9. The van der Waals surface area contributed by atoms with Crippen LogP contribution >= 0.6 is 0 Å². The van der Waals surface area contributed by atoms with E-state index in [4.69, 9.17) is 10.9 Å². The van der Waals surface area contributed by atoms with Gasteiger partial charge in [0, 0.05) is 13.1 Å². The van der Waals surface area contributed by atoms with E-state index in [0.29, 0.717) is 12.3 Å². The second-order valence-corrected chi connectivity index (χ2v) is 5.27. The number of carbonyl (C=O) groups is 1. The Balaban J connectivity index is 2.63. The Morgan fingerprint density at radius 3 is 2.56 bits per heavy atom. The van der Waals surface area contributed by atoms with Gasteiger partial charge in [0.25, 0.3) is 0 Å². The minimum atomic E-state index is -0.797. The van der Waals surface area contributed by atoms with Gasteiger partial charge in [-0.2, -0.15) is 0 Å². The van der Waals surface area contributed by atoms with E-state index in [-0.39, 0.29) is 11.9 Å². The van der Waals surface area contributed by atoms with Gasteiger partial charge >= 0.3 is 6.03 Å². The van der Waals surface area contributed by atoms with E-state index >= 15 is 0 Å². The average Bonchev–Trinajstić information content (AvgIpc) is 2.38. The maximum absolute atomic E-state index is 12.1. The highest BCUT2D eigenvalue weighted by atomic mass is 16.4. The number of likely N-dealkylation sites (tertiary alicyclic amines) is 1. The van der Waals surface area contributed by atoms with Gasteiger partial charge in [0.15, 0.2) is 5.84 Å². The Bertz CT molecular complexity index is 324. The molecule has 1 heterocycles. The summed E-state index contributed by atoms with van der Waals surface area (Å²) in [6, 6.07) is -0.141. The summed E-state index contributed by atoms with van der Waals surface area (Å²) in [6.07, 6.45) is 2.62. The van der Waals surface area contributed by atoms with E-state index in [1.807, 2.05) is 6.92 Å². The molecule has 0 spiro atoms. The van der Waals surface area contributed by atoms with E-state index in [9.17, 15) is 4.79 Å². The maximum Gasteiger partial charge on any atom is 0.318 e. The first kappa shape index (κ1) is 14.6. The van der Waals surface area contributed by atoms with Crippen LogP contribution < -0.4 is 11.1 Å². The molecule has 6 nitrogen and oxygen atoms in total. The summed E-state index contributed by atoms with van der Waals surface area (Å²) in [5, 5.41) is 14.6. The van der Waals surface area contributed by atoms with Crippen LogP contribution in [0.4, 0.5) is 4.79 Å². The summed E-state index contributed by atoms with van der Waals surface area (Å²) in [6.45, 7) is 7.37. The molecule has 0 saturated carbocycles. The molecule has 1 saturated heterocycles. The molecule has 0 aromatic rings. The van der Waals surface area contributed by atoms with Gasteiger partial charge in [-0.15, -0.1) is 0 Å². The van der Waals surface area contributed by atoms with Gasteiger partial charge in [-0.25, -0.2) is 4.79 Å². The fraction of sp³-hybridized carbons (Fsp3) is 0.833. The van der Waals surface area contributed by atoms with Crippen LogP contribution in [0.3, 0.4) is 0 Å². The first-order valence-electron chi connectivity index (χ1n) is 6.48. The number of nitrogens with one attached hydrogen (secondary N) is 1. The van der Waals surface area contributed by atoms with Crippen LogP contribution in [0.25, 0.3) is 0 Å². The highest BCUT2D eigenvalue weighted by Gasteiger charge is 2.32. The molecule has 1 fully saturated rings. The van der Waals surface area contributed by atoms with Crippen LogP contribution in [0.5, 0.6) is 0 Å². The number of piperidine rings is 1. The molecule has 104 valence electrons. The topological polar surface area (TPSA) is 91.0 Å². The molecule has 1 atom stereocenters. The van der Waals surface area contributed by atoms with Crippen molar-refractivity contribution in [3.05, 3.63) is 0 Å². The third-order valence-electron chi connectivity index (χ3n) is 3.83. The van der Waals surface area contributed by atoms with Gasteiger partial charge in [-0.05, 0) is 32.1 Å². The van der Waals surface area contributed by atoms with E-state index in [1.54, 1.807) is 11.8 Å². The summed E-state index contributed by atoms with van der Waals surface area (Å²) in [5.41, 5.74) is 4.83. The zero-order valence-corrected chi connectivity index (χ0v) is 11.4. The van der Waals surface area contributed by atoms with Crippen LogP contribution in [0, 0.1) is 5.92 Å². The second-order valence-electron chi connectivity index (χ2n) is 5.27. The standard InChI is InChI=1S/C12H24N4O2/c1-4-12(3,10(13)15-18)14-11(17)16-7-5-9(2)6-8-16/h9,18H,4-8H2,1-3H3,(H2,13,15)(H,14,17). The smallest absolute Gasteiger partial charge is 0.318 e. The molecule has 0 aromatic carbocycles. The Labute approximate surface area is 108 Å². The predicted molar refractivity (Wildman–Crippen MR) is 70.6 cm³/mol. The minimum absolute atomic E-state index is 0.0312. The molecule has 1 aliphatic rings. The van der Waals surface area contributed by atoms with Crippen LogP contribution in [0.15, 0.2) is 5.16 Å². The molecule has 0 bridgehead atoms. The van der Waals surface area contributed by atoms with Gasteiger partial charge in [-0.3, -0.25) is 0 Å². The summed E-state index contributed by atoms with van der Waals surface area (Å²) < 4.78 is 0. The lowest BCUT2D eigenvalue weighted by Gasteiger charge is -2.35. The molecule has 0 radical (unpaired) electrons. The molecular formula is C12H24N4O2. The number of hydrogen-bond acceptors (Lipinski definition) is 3. The summed E-state index contributed by atoms with van der Waals surface area (Å²) >= 11 is 0. The Morgan fingerprint density at radius 1 is 1.56 bits per heavy atom. The lowest BCUT2D eigenvalue weighted by molar-refractivity contribution is 0.167. The SMILES string of the molecule is CCC(C)(NC(=O)N1CCC(C)CC1)C(N)=NO. The van der Waals surface area contributed by atoms with Crippen molar-refractivity contribution in [1.29, 1.82) is 0 Å². The van der Waals surface area contributed by atoms with E-state index in [1.165, 1.54) is 0 Å². The first-order chi connectivity index (χ1) is 8.42. The molecule has 4 N–H and O–H groups in total. The van der Waals surface area contributed by atoms with Crippen LogP contribution in [-0.2, 0) is 0 Å². The quantitative estimate of drug-likeness (QED) is 0.308. The molecule has 0 aliphatic carbocycles. The van der Waals surface area contributed by atoms with Gasteiger partial charge in [0.05, 0.1) is 5.54 Å². The lowest BCUT2D eigenvalue weighted by Crippen LogP contribution is -2.58. The molecule has 1 aliphatic heterocycles.